The molecule has 0 aromatic heterocycles. The third-order valence-electron chi connectivity index (χ3n) is 2.08. The highest BCUT2D eigenvalue weighted by molar-refractivity contribution is 6.33. The average molecular weight is 239 g/mol. The molecule has 0 atom stereocenters. The zero-order valence-corrected chi connectivity index (χ0v) is 10.2. The van der Waals surface area contributed by atoms with E-state index < -0.39 is 0 Å². The number of carbonyl (C=O) groups is 1. The Morgan fingerprint density at radius 2 is 2.12 bits per heavy atom. The summed E-state index contributed by atoms with van der Waals surface area (Å²) in [5.74, 6) is -0.277. The average Bonchev–Trinajstić information content (AvgIpc) is 2.27. The summed E-state index contributed by atoms with van der Waals surface area (Å²) in [5.41, 5.74) is 3.84. The molecule has 0 bridgehead atoms. The molecule has 0 fully saturated rings. The van der Waals surface area contributed by atoms with E-state index in [1.54, 1.807) is 24.3 Å². The van der Waals surface area contributed by atoms with Gasteiger partial charge in [-0.05, 0) is 25.5 Å². The van der Waals surface area contributed by atoms with Gasteiger partial charge in [0.1, 0.15) is 0 Å². The van der Waals surface area contributed by atoms with Crippen LogP contribution in [0.25, 0.3) is 0 Å². The number of hydrazone groups is 1. The molecule has 4 heteroatoms. The molecule has 0 spiro atoms. The molecular weight excluding hydrogens is 224 g/mol. The maximum Gasteiger partial charge on any atom is 0.272 e. The van der Waals surface area contributed by atoms with Crippen molar-refractivity contribution in [2.45, 2.75) is 26.7 Å². The second kappa shape index (κ2) is 6.28. The van der Waals surface area contributed by atoms with Crippen LogP contribution in [0.3, 0.4) is 0 Å². The lowest BCUT2D eigenvalue weighted by atomic mass is 10.2. The summed E-state index contributed by atoms with van der Waals surface area (Å²) in [4.78, 5) is 11.7. The predicted molar refractivity (Wildman–Crippen MR) is 66.9 cm³/mol. The largest absolute Gasteiger partial charge is 0.272 e. The molecule has 0 aliphatic rings. The molecule has 3 nitrogen and oxygen atoms in total. The zero-order valence-electron chi connectivity index (χ0n) is 9.46. The van der Waals surface area contributed by atoms with Crippen LogP contribution in [0.4, 0.5) is 0 Å². The summed E-state index contributed by atoms with van der Waals surface area (Å²) in [6, 6.07) is 6.90. The van der Waals surface area contributed by atoms with Gasteiger partial charge in [-0.25, -0.2) is 5.43 Å². The quantitative estimate of drug-likeness (QED) is 0.635. The molecule has 0 radical (unpaired) electrons. The summed E-state index contributed by atoms with van der Waals surface area (Å²) < 4.78 is 0. The van der Waals surface area contributed by atoms with E-state index in [1.165, 1.54) is 0 Å². The van der Waals surface area contributed by atoms with Crippen LogP contribution >= 0.6 is 11.6 Å². The standard InChI is InChI=1S/C12H15ClN2O/c1-3-6-9(2)14-15-12(16)10-7-4-5-8-11(10)13/h4-5,7-8H,3,6H2,1-2H3,(H,15,16). The van der Waals surface area contributed by atoms with Gasteiger partial charge in [0.25, 0.3) is 5.91 Å². The number of nitrogens with zero attached hydrogens (tertiary/aromatic N) is 1. The van der Waals surface area contributed by atoms with Gasteiger partial charge in [0.15, 0.2) is 0 Å². The summed E-state index contributed by atoms with van der Waals surface area (Å²) in [7, 11) is 0. The first kappa shape index (κ1) is 12.7. The van der Waals surface area contributed by atoms with Crippen molar-refractivity contribution in [1.82, 2.24) is 5.43 Å². The molecule has 86 valence electrons. The molecule has 0 saturated heterocycles. The number of nitrogens with one attached hydrogen (secondary N) is 1. The van der Waals surface area contributed by atoms with Crippen molar-refractivity contribution in [1.29, 1.82) is 0 Å². The van der Waals surface area contributed by atoms with E-state index in [0.29, 0.717) is 10.6 Å². The number of rotatable bonds is 4. The Morgan fingerprint density at radius 3 is 2.75 bits per heavy atom. The highest BCUT2D eigenvalue weighted by atomic mass is 35.5. The topological polar surface area (TPSA) is 41.5 Å². The third-order valence-corrected chi connectivity index (χ3v) is 2.41. The van der Waals surface area contributed by atoms with Crippen molar-refractivity contribution in [3.8, 4) is 0 Å². The van der Waals surface area contributed by atoms with Gasteiger partial charge in [-0.1, -0.05) is 37.1 Å². The first-order chi connectivity index (χ1) is 7.65. The van der Waals surface area contributed by atoms with Gasteiger partial charge >= 0.3 is 0 Å². The minimum atomic E-state index is -0.277. The molecule has 0 heterocycles. The predicted octanol–water partition coefficient (Wildman–Crippen LogP) is 3.25. The Kier molecular flexibility index (Phi) is 4.99. The van der Waals surface area contributed by atoms with Crippen molar-refractivity contribution in [2.24, 2.45) is 5.10 Å². The first-order valence-electron chi connectivity index (χ1n) is 5.23. The van der Waals surface area contributed by atoms with Gasteiger partial charge in [-0.15, -0.1) is 0 Å². The minimum absolute atomic E-state index is 0.277. The Bertz CT molecular complexity index is 402. The molecule has 0 aliphatic heterocycles. The Morgan fingerprint density at radius 1 is 1.44 bits per heavy atom. The van der Waals surface area contributed by atoms with E-state index in [1.807, 2.05) is 6.92 Å². The van der Waals surface area contributed by atoms with Crippen LogP contribution in [-0.4, -0.2) is 11.6 Å². The fourth-order valence-corrected chi connectivity index (χ4v) is 1.49. The van der Waals surface area contributed by atoms with Crippen LogP contribution < -0.4 is 5.43 Å². The van der Waals surface area contributed by atoms with Crippen molar-refractivity contribution in [3.63, 3.8) is 0 Å². The summed E-state index contributed by atoms with van der Waals surface area (Å²) in [6.45, 7) is 3.95. The molecule has 16 heavy (non-hydrogen) atoms. The minimum Gasteiger partial charge on any atom is -0.267 e. The van der Waals surface area contributed by atoms with Crippen LogP contribution in [0.2, 0.25) is 5.02 Å². The molecule has 1 aromatic carbocycles. The summed E-state index contributed by atoms with van der Waals surface area (Å²) >= 11 is 5.89. The van der Waals surface area contributed by atoms with Gasteiger partial charge in [0.05, 0.1) is 10.6 Å². The van der Waals surface area contributed by atoms with E-state index in [4.69, 9.17) is 11.6 Å². The maximum absolute atomic E-state index is 11.7. The molecule has 0 saturated carbocycles. The van der Waals surface area contributed by atoms with Crippen LogP contribution in [0, 0.1) is 0 Å². The second-order valence-electron chi connectivity index (χ2n) is 3.52. The third kappa shape index (κ3) is 3.66. The summed E-state index contributed by atoms with van der Waals surface area (Å²) in [5, 5.41) is 4.42. The van der Waals surface area contributed by atoms with E-state index in [9.17, 15) is 4.79 Å². The van der Waals surface area contributed by atoms with E-state index in [0.717, 1.165) is 18.6 Å². The molecule has 1 rings (SSSR count). The number of benzene rings is 1. The molecule has 1 amide bonds. The van der Waals surface area contributed by atoms with E-state index >= 15 is 0 Å². The normalized spacial score (nSPS) is 11.3. The Hall–Kier alpha value is -1.35. The fourth-order valence-electron chi connectivity index (χ4n) is 1.27. The van der Waals surface area contributed by atoms with E-state index in [2.05, 4.69) is 17.5 Å². The highest BCUT2D eigenvalue weighted by Gasteiger charge is 2.07. The monoisotopic (exact) mass is 238 g/mol. The van der Waals surface area contributed by atoms with Crippen molar-refractivity contribution in [3.05, 3.63) is 34.9 Å². The van der Waals surface area contributed by atoms with Crippen molar-refractivity contribution < 1.29 is 4.79 Å². The lowest BCUT2D eigenvalue weighted by Gasteiger charge is -2.03. The van der Waals surface area contributed by atoms with Gasteiger partial charge < -0.3 is 0 Å². The molecule has 1 N–H and O–H groups in total. The number of hydrogen-bond acceptors (Lipinski definition) is 2. The molecular formula is C12H15ClN2O. The molecule has 0 unspecified atom stereocenters. The van der Waals surface area contributed by atoms with Crippen LogP contribution in [0.15, 0.2) is 29.4 Å². The maximum atomic E-state index is 11.7. The number of hydrogen-bond donors (Lipinski definition) is 1. The molecule has 0 aliphatic carbocycles. The molecule has 1 aromatic rings. The van der Waals surface area contributed by atoms with Gasteiger partial charge in [-0.2, -0.15) is 5.10 Å². The smallest absolute Gasteiger partial charge is 0.267 e. The van der Waals surface area contributed by atoms with E-state index in [-0.39, 0.29) is 5.91 Å². The number of amides is 1. The fraction of sp³-hybridized carbons (Fsp3) is 0.333. The Labute approximate surface area is 101 Å². The van der Waals surface area contributed by atoms with Crippen LogP contribution in [-0.2, 0) is 0 Å². The second-order valence-corrected chi connectivity index (χ2v) is 3.93. The van der Waals surface area contributed by atoms with Crippen molar-refractivity contribution in [2.75, 3.05) is 0 Å². The zero-order chi connectivity index (χ0) is 12.0. The SMILES string of the molecule is CCCC(C)=NNC(=O)c1ccccc1Cl. The highest BCUT2D eigenvalue weighted by Crippen LogP contribution is 2.14. The lowest BCUT2D eigenvalue weighted by Crippen LogP contribution is -2.19. The van der Waals surface area contributed by atoms with Gasteiger partial charge in [0.2, 0.25) is 0 Å². The van der Waals surface area contributed by atoms with Crippen LogP contribution in [0.1, 0.15) is 37.0 Å². The van der Waals surface area contributed by atoms with Gasteiger partial charge in [0, 0.05) is 5.71 Å². The van der Waals surface area contributed by atoms with Crippen LogP contribution in [0.5, 0.6) is 0 Å². The first-order valence-corrected chi connectivity index (χ1v) is 5.61. The Balaban J connectivity index is 2.67. The number of carbonyl (C=O) groups excluding carboxylic acids is 1. The van der Waals surface area contributed by atoms with Crippen molar-refractivity contribution >= 4 is 23.2 Å². The lowest BCUT2D eigenvalue weighted by molar-refractivity contribution is 0.0955. The number of halogens is 1. The van der Waals surface area contributed by atoms with Gasteiger partial charge in [-0.3, -0.25) is 4.79 Å². The summed E-state index contributed by atoms with van der Waals surface area (Å²) in [6.07, 6.45) is 1.89.